The molecule has 0 unspecified atom stereocenters. The van der Waals surface area contributed by atoms with Crippen LogP contribution in [-0.4, -0.2) is 15.0 Å². The Morgan fingerprint density at radius 2 is 1.86 bits per heavy atom. The van der Waals surface area contributed by atoms with E-state index in [1.807, 2.05) is 0 Å². The van der Waals surface area contributed by atoms with Crippen LogP contribution in [0.2, 0.25) is 5.02 Å². The molecule has 0 saturated carbocycles. The van der Waals surface area contributed by atoms with Gasteiger partial charge in [0.1, 0.15) is 0 Å². The van der Waals surface area contributed by atoms with Gasteiger partial charge in [-0.3, -0.25) is 4.72 Å². The summed E-state index contributed by atoms with van der Waals surface area (Å²) >= 11 is 6.02. The maximum Gasteiger partial charge on any atom is 0.261 e. The first-order chi connectivity index (χ1) is 10.0. The molecule has 0 saturated heterocycles. The average molecular weight is 321 g/mol. The second-order valence-electron chi connectivity index (χ2n) is 4.12. The van der Waals surface area contributed by atoms with Gasteiger partial charge in [0.15, 0.2) is 0 Å². The van der Waals surface area contributed by atoms with Crippen molar-refractivity contribution in [3.8, 4) is 11.8 Å². The lowest BCUT2D eigenvalue weighted by Crippen LogP contribution is -2.13. The van der Waals surface area contributed by atoms with Gasteiger partial charge in [-0.05, 0) is 30.3 Å². The lowest BCUT2D eigenvalue weighted by Gasteiger charge is -2.10. The van der Waals surface area contributed by atoms with Gasteiger partial charge in [-0.25, -0.2) is 8.42 Å². The highest BCUT2D eigenvalue weighted by Crippen LogP contribution is 2.25. The third-order valence-corrected chi connectivity index (χ3v) is 4.31. The number of rotatable bonds is 3. The average Bonchev–Trinajstić information content (AvgIpc) is 2.49. The maximum absolute atomic E-state index is 12.3. The minimum Gasteiger partial charge on any atom is -0.320 e. The van der Waals surface area contributed by atoms with E-state index in [1.54, 1.807) is 36.4 Å². The van der Waals surface area contributed by atoms with Crippen molar-refractivity contribution in [2.24, 2.45) is 5.73 Å². The molecule has 2 aromatic rings. The van der Waals surface area contributed by atoms with E-state index < -0.39 is 10.0 Å². The standard InChI is InChI=1S/C15H13ClN2O2S/c16-14-9-8-12(5-4-10-17)11-15(14)18-21(19,20)13-6-2-1-3-7-13/h1-3,6-9,11,18H,10,17H2. The first kappa shape index (κ1) is 15.4. The Morgan fingerprint density at radius 1 is 1.14 bits per heavy atom. The Kier molecular flexibility index (Phi) is 4.86. The summed E-state index contributed by atoms with van der Waals surface area (Å²) in [4.78, 5) is 0.166. The summed E-state index contributed by atoms with van der Waals surface area (Å²) in [6.07, 6.45) is 0. The molecule has 0 aliphatic heterocycles. The van der Waals surface area contributed by atoms with Crippen molar-refractivity contribution < 1.29 is 8.42 Å². The number of nitrogens with one attached hydrogen (secondary N) is 1. The van der Waals surface area contributed by atoms with Crippen LogP contribution in [-0.2, 0) is 10.0 Å². The zero-order valence-electron chi connectivity index (χ0n) is 11.0. The van der Waals surface area contributed by atoms with Crippen molar-refractivity contribution in [1.29, 1.82) is 0 Å². The van der Waals surface area contributed by atoms with Crippen molar-refractivity contribution >= 4 is 27.3 Å². The monoisotopic (exact) mass is 320 g/mol. The first-order valence-electron chi connectivity index (χ1n) is 6.09. The highest BCUT2D eigenvalue weighted by Gasteiger charge is 2.15. The molecule has 4 nitrogen and oxygen atoms in total. The zero-order chi connectivity index (χ0) is 15.3. The smallest absolute Gasteiger partial charge is 0.261 e. The first-order valence-corrected chi connectivity index (χ1v) is 7.95. The summed E-state index contributed by atoms with van der Waals surface area (Å²) in [5.41, 5.74) is 6.23. The third-order valence-electron chi connectivity index (χ3n) is 2.60. The van der Waals surface area contributed by atoms with Crippen molar-refractivity contribution in [3.05, 3.63) is 59.1 Å². The Labute approximate surface area is 129 Å². The molecule has 0 aliphatic carbocycles. The molecule has 0 aromatic heterocycles. The number of nitrogens with two attached hydrogens (primary N) is 1. The summed E-state index contributed by atoms with van der Waals surface area (Å²) < 4.78 is 27.0. The molecule has 0 fully saturated rings. The van der Waals surface area contributed by atoms with Crippen molar-refractivity contribution in [3.63, 3.8) is 0 Å². The van der Waals surface area contributed by atoms with E-state index in [4.69, 9.17) is 17.3 Å². The van der Waals surface area contributed by atoms with E-state index in [1.165, 1.54) is 12.1 Å². The van der Waals surface area contributed by atoms with Gasteiger partial charge < -0.3 is 5.73 Å². The van der Waals surface area contributed by atoms with Gasteiger partial charge in [0.05, 0.1) is 22.2 Å². The van der Waals surface area contributed by atoms with Crippen molar-refractivity contribution in [1.82, 2.24) is 0 Å². The second-order valence-corrected chi connectivity index (χ2v) is 6.21. The van der Waals surface area contributed by atoms with E-state index in [-0.39, 0.29) is 17.1 Å². The largest absolute Gasteiger partial charge is 0.320 e. The fourth-order valence-electron chi connectivity index (χ4n) is 1.64. The molecule has 0 heterocycles. The maximum atomic E-state index is 12.3. The highest BCUT2D eigenvalue weighted by atomic mass is 35.5. The summed E-state index contributed by atoms with van der Waals surface area (Å²) in [7, 11) is -3.68. The van der Waals surface area contributed by atoms with Gasteiger partial charge >= 0.3 is 0 Å². The van der Waals surface area contributed by atoms with Gasteiger partial charge in [0, 0.05) is 5.56 Å². The number of benzene rings is 2. The molecule has 0 atom stereocenters. The fourth-order valence-corrected chi connectivity index (χ4v) is 2.95. The van der Waals surface area contributed by atoms with Crippen LogP contribution in [0, 0.1) is 11.8 Å². The Balaban J connectivity index is 2.35. The van der Waals surface area contributed by atoms with E-state index in [2.05, 4.69) is 16.6 Å². The lowest BCUT2D eigenvalue weighted by atomic mass is 10.2. The third kappa shape index (κ3) is 3.99. The van der Waals surface area contributed by atoms with Gasteiger partial charge in [0.2, 0.25) is 0 Å². The predicted molar refractivity (Wildman–Crippen MR) is 84.6 cm³/mol. The van der Waals surface area contributed by atoms with Crippen LogP contribution in [0.5, 0.6) is 0 Å². The topological polar surface area (TPSA) is 72.2 Å². The number of hydrogen-bond donors (Lipinski definition) is 2. The van der Waals surface area contributed by atoms with Crippen LogP contribution in [0.3, 0.4) is 0 Å². The van der Waals surface area contributed by atoms with Crippen molar-refractivity contribution in [2.75, 3.05) is 11.3 Å². The Morgan fingerprint density at radius 3 is 2.52 bits per heavy atom. The van der Waals surface area contributed by atoms with Crippen LogP contribution in [0.1, 0.15) is 5.56 Å². The fraction of sp³-hybridized carbons (Fsp3) is 0.0667. The number of halogens is 1. The molecule has 108 valence electrons. The molecule has 0 spiro atoms. The molecule has 21 heavy (non-hydrogen) atoms. The molecule has 2 aromatic carbocycles. The molecule has 3 N–H and O–H groups in total. The minimum atomic E-state index is -3.68. The van der Waals surface area contributed by atoms with E-state index in [0.29, 0.717) is 10.6 Å². The normalized spacial score (nSPS) is 10.6. The predicted octanol–water partition coefficient (Wildman–Crippen LogP) is 2.45. The summed E-state index contributed by atoms with van der Waals surface area (Å²) in [5, 5.41) is 0.299. The molecule has 0 radical (unpaired) electrons. The van der Waals surface area contributed by atoms with Crippen LogP contribution in [0.25, 0.3) is 0 Å². The van der Waals surface area contributed by atoms with E-state index >= 15 is 0 Å². The summed E-state index contributed by atoms with van der Waals surface area (Å²) in [5.74, 6) is 5.53. The Hall–Kier alpha value is -2.00. The Bertz CT molecular complexity index is 793. The minimum absolute atomic E-state index is 0.166. The van der Waals surface area contributed by atoms with Crippen molar-refractivity contribution in [2.45, 2.75) is 4.90 Å². The van der Waals surface area contributed by atoms with Gasteiger partial charge in [-0.15, -0.1) is 0 Å². The van der Waals surface area contributed by atoms with E-state index in [0.717, 1.165) is 0 Å². The number of anilines is 1. The molecule has 0 bridgehead atoms. The molecule has 6 heteroatoms. The molecule has 0 amide bonds. The van der Waals surface area contributed by atoms with Gasteiger partial charge in [0.25, 0.3) is 10.0 Å². The quantitative estimate of drug-likeness (QED) is 0.853. The molecular formula is C15H13ClN2O2S. The molecular weight excluding hydrogens is 308 g/mol. The van der Waals surface area contributed by atoms with Crippen LogP contribution >= 0.6 is 11.6 Å². The molecule has 2 rings (SSSR count). The molecule has 0 aliphatic rings. The van der Waals surface area contributed by atoms with Crippen LogP contribution in [0.15, 0.2) is 53.4 Å². The summed E-state index contributed by atoms with van der Waals surface area (Å²) in [6.45, 7) is 0.230. The van der Waals surface area contributed by atoms with Gasteiger partial charge in [-0.2, -0.15) is 0 Å². The van der Waals surface area contributed by atoms with E-state index in [9.17, 15) is 8.42 Å². The highest BCUT2D eigenvalue weighted by molar-refractivity contribution is 7.92. The lowest BCUT2D eigenvalue weighted by molar-refractivity contribution is 0.601. The van der Waals surface area contributed by atoms with Crippen LogP contribution in [0.4, 0.5) is 5.69 Å². The second kappa shape index (κ2) is 6.64. The zero-order valence-corrected chi connectivity index (χ0v) is 12.6. The SMILES string of the molecule is NCC#Cc1ccc(Cl)c(NS(=O)(=O)c2ccccc2)c1. The van der Waals surface area contributed by atoms with Gasteiger partial charge in [-0.1, -0.05) is 41.6 Å². The number of sulfonamides is 1. The summed E-state index contributed by atoms with van der Waals surface area (Å²) in [6, 6.07) is 12.9. The number of hydrogen-bond acceptors (Lipinski definition) is 3. The van der Waals surface area contributed by atoms with Crippen LogP contribution < -0.4 is 10.5 Å².